The fourth-order valence-corrected chi connectivity index (χ4v) is 3.98. The van der Waals surface area contributed by atoms with Gasteiger partial charge in [0.2, 0.25) is 5.91 Å². The van der Waals surface area contributed by atoms with Crippen molar-refractivity contribution in [3.63, 3.8) is 0 Å². The van der Waals surface area contributed by atoms with Crippen LogP contribution in [0.15, 0.2) is 18.2 Å². The Bertz CT molecular complexity index is 649. The van der Waals surface area contributed by atoms with Crippen molar-refractivity contribution in [1.82, 2.24) is 5.32 Å². The van der Waals surface area contributed by atoms with Crippen LogP contribution in [0.5, 0.6) is 0 Å². The first-order valence-electron chi connectivity index (χ1n) is 7.43. The highest BCUT2D eigenvalue weighted by Crippen LogP contribution is 2.53. The molecule has 6 heteroatoms. The first-order chi connectivity index (χ1) is 10.4. The molecule has 22 heavy (non-hydrogen) atoms. The Morgan fingerprint density at radius 1 is 1.14 bits per heavy atom. The highest BCUT2D eigenvalue weighted by molar-refractivity contribution is 5.95. The third-order valence-corrected chi connectivity index (χ3v) is 5.14. The zero-order valence-electron chi connectivity index (χ0n) is 12.1. The lowest BCUT2D eigenvalue weighted by Crippen LogP contribution is -2.51. The van der Waals surface area contributed by atoms with Gasteiger partial charge >= 0.3 is 0 Å². The number of hydrogen-bond acceptors (Lipinski definition) is 2. The predicted octanol–water partition coefficient (Wildman–Crippen LogP) is 2.27. The lowest BCUT2D eigenvalue weighted by molar-refractivity contribution is -0.128. The Hall–Kier alpha value is -1.98. The van der Waals surface area contributed by atoms with Crippen molar-refractivity contribution in [3.8, 4) is 0 Å². The molecule has 4 nitrogen and oxygen atoms in total. The molecule has 118 valence electrons. The summed E-state index contributed by atoms with van der Waals surface area (Å²) in [6.07, 6.45) is 4.00. The molecule has 2 atom stereocenters. The molecular weight excluding hydrogens is 290 g/mol. The van der Waals surface area contributed by atoms with Gasteiger partial charge in [0.05, 0.1) is 11.0 Å². The molecule has 0 unspecified atom stereocenters. The van der Waals surface area contributed by atoms with Gasteiger partial charge in [-0.2, -0.15) is 0 Å². The quantitative estimate of drug-likeness (QED) is 0.899. The van der Waals surface area contributed by atoms with Crippen molar-refractivity contribution in [2.24, 2.45) is 11.1 Å². The number of nitrogens with one attached hydrogen (secondary N) is 1. The number of primary amides is 1. The van der Waals surface area contributed by atoms with E-state index >= 15 is 0 Å². The van der Waals surface area contributed by atoms with Crippen LogP contribution >= 0.6 is 0 Å². The van der Waals surface area contributed by atoms with Gasteiger partial charge in [-0.1, -0.05) is 6.42 Å². The minimum atomic E-state index is -0.759. The summed E-state index contributed by atoms with van der Waals surface area (Å²) in [4.78, 5) is 24.0. The molecule has 3 N–H and O–H groups in total. The molecule has 2 amide bonds. The van der Waals surface area contributed by atoms with Crippen LogP contribution in [0, 0.1) is 17.0 Å². The van der Waals surface area contributed by atoms with Gasteiger partial charge in [-0.25, -0.2) is 8.78 Å². The first-order valence-corrected chi connectivity index (χ1v) is 7.43. The first kappa shape index (κ1) is 14.9. The molecule has 2 aliphatic carbocycles. The molecule has 0 radical (unpaired) electrons. The van der Waals surface area contributed by atoms with Crippen molar-refractivity contribution >= 4 is 11.8 Å². The van der Waals surface area contributed by atoms with Gasteiger partial charge in [0, 0.05) is 5.54 Å². The monoisotopic (exact) mass is 308 g/mol. The molecule has 0 spiro atoms. The van der Waals surface area contributed by atoms with Gasteiger partial charge in [0.1, 0.15) is 11.6 Å². The average molecular weight is 308 g/mol. The zero-order chi connectivity index (χ0) is 16.0. The molecular formula is C16H18F2N2O2. The van der Waals surface area contributed by atoms with Gasteiger partial charge in [-0.05, 0) is 50.3 Å². The highest BCUT2D eigenvalue weighted by atomic mass is 19.1. The van der Waals surface area contributed by atoms with Crippen LogP contribution in [0.4, 0.5) is 8.78 Å². The number of amides is 2. The number of carbonyl (C=O) groups excluding carboxylic acids is 2. The van der Waals surface area contributed by atoms with E-state index in [-0.39, 0.29) is 11.5 Å². The van der Waals surface area contributed by atoms with E-state index in [4.69, 9.17) is 5.73 Å². The van der Waals surface area contributed by atoms with E-state index < -0.39 is 28.5 Å². The average Bonchev–Trinajstić information content (AvgIpc) is 2.73. The van der Waals surface area contributed by atoms with E-state index in [9.17, 15) is 18.4 Å². The van der Waals surface area contributed by atoms with Crippen molar-refractivity contribution in [3.05, 3.63) is 35.4 Å². The third kappa shape index (κ3) is 2.36. The number of hydrogen-bond donors (Lipinski definition) is 2. The van der Waals surface area contributed by atoms with Gasteiger partial charge in [-0.3, -0.25) is 9.59 Å². The second-order valence-electron chi connectivity index (χ2n) is 6.53. The summed E-state index contributed by atoms with van der Waals surface area (Å²) in [7, 11) is 0. The molecule has 1 aromatic rings. The van der Waals surface area contributed by atoms with Crippen molar-refractivity contribution in [2.45, 2.75) is 44.1 Å². The minimum absolute atomic E-state index is 0.309. The van der Waals surface area contributed by atoms with Crippen LogP contribution < -0.4 is 11.1 Å². The molecule has 0 saturated heterocycles. The summed E-state index contributed by atoms with van der Waals surface area (Å²) in [5.74, 6) is -2.39. The normalized spacial score (nSPS) is 30.1. The van der Waals surface area contributed by atoms with Gasteiger partial charge in [0.15, 0.2) is 0 Å². The Morgan fingerprint density at radius 2 is 1.91 bits per heavy atom. The van der Waals surface area contributed by atoms with Crippen LogP contribution in [0.25, 0.3) is 0 Å². The molecule has 0 aliphatic heterocycles. The summed E-state index contributed by atoms with van der Waals surface area (Å²) >= 11 is 0. The van der Waals surface area contributed by atoms with Crippen LogP contribution in [0.1, 0.15) is 48.9 Å². The predicted molar refractivity (Wildman–Crippen MR) is 75.9 cm³/mol. The maximum atomic E-state index is 13.7. The van der Waals surface area contributed by atoms with Crippen molar-refractivity contribution in [1.29, 1.82) is 0 Å². The lowest BCUT2D eigenvalue weighted by atomic mass is 9.72. The second-order valence-corrected chi connectivity index (χ2v) is 6.53. The van der Waals surface area contributed by atoms with Gasteiger partial charge < -0.3 is 11.1 Å². The summed E-state index contributed by atoms with van der Waals surface area (Å²) in [6, 6.07) is 2.80. The summed E-state index contributed by atoms with van der Waals surface area (Å²) in [6.45, 7) is 0. The minimum Gasteiger partial charge on any atom is -0.369 e. The van der Waals surface area contributed by atoms with Gasteiger partial charge in [-0.15, -0.1) is 0 Å². The Labute approximate surface area is 127 Å². The fraction of sp³-hybridized carbons (Fsp3) is 0.500. The Balaban J connectivity index is 1.82. The van der Waals surface area contributed by atoms with Crippen LogP contribution in [-0.2, 0) is 4.79 Å². The molecule has 2 saturated carbocycles. The van der Waals surface area contributed by atoms with Crippen LogP contribution in [0.3, 0.4) is 0 Å². The van der Waals surface area contributed by atoms with Crippen LogP contribution in [0.2, 0.25) is 0 Å². The highest BCUT2D eigenvalue weighted by Gasteiger charge is 2.54. The van der Waals surface area contributed by atoms with Gasteiger partial charge in [0.25, 0.3) is 5.91 Å². The number of halogens is 2. The molecule has 3 rings (SSSR count). The summed E-state index contributed by atoms with van der Waals surface area (Å²) < 4.78 is 26.9. The van der Waals surface area contributed by atoms with E-state index in [1.807, 2.05) is 0 Å². The van der Waals surface area contributed by atoms with E-state index in [2.05, 4.69) is 5.32 Å². The maximum absolute atomic E-state index is 13.7. The molecule has 1 aromatic carbocycles. The van der Waals surface area contributed by atoms with Crippen LogP contribution in [-0.4, -0.2) is 17.4 Å². The molecule has 2 bridgehead atoms. The molecule has 2 aliphatic rings. The van der Waals surface area contributed by atoms with Crippen molar-refractivity contribution in [2.75, 3.05) is 0 Å². The molecule has 0 heterocycles. The topological polar surface area (TPSA) is 72.2 Å². The maximum Gasteiger partial charge on any atom is 0.254 e. The molecule has 0 aromatic heterocycles. The zero-order valence-corrected chi connectivity index (χ0v) is 12.1. The van der Waals surface area contributed by atoms with E-state index in [1.165, 1.54) is 0 Å². The van der Waals surface area contributed by atoms with E-state index in [0.717, 1.165) is 37.5 Å². The smallest absolute Gasteiger partial charge is 0.254 e. The SMILES string of the molecule is NC(=O)[C@@]12CCC[C@@](NC(=O)c3cc(F)ccc3F)(CC1)C2. The Kier molecular flexibility index (Phi) is 3.42. The van der Waals surface area contributed by atoms with E-state index in [1.54, 1.807) is 0 Å². The summed E-state index contributed by atoms with van der Waals surface area (Å²) in [5.41, 5.74) is 4.11. The third-order valence-electron chi connectivity index (χ3n) is 5.14. The fourth-order valence-electron chi connectivity index (χ4n) is 3.98. The Morgan fingerprint density at radius 3 is 2.64 bits per heavy atom. The van der Waals surface area contributed by atoms with E-state index in [0.29, 0.717) is 19.3 Å². The summed E-state index contributed by atoms with van der Waals surface area (Å²) in [5, 5.41) is 2.83. The number of rotatable bonds is 3. The lowest BCUT2D eigenvalue weighted by Gasteiger charge is -2.38. The number of fused-ring (bicyclic) bond motifs is 2. The molecule has 2 fully saturated rings. The number of benzene rings is 1. The number of carbonyl (C=O) groups is 2. The number of nitrogens with two attached hydrogens (primary N) is 1. The van der Waals surface area contributed by atoms with Crippen molar-refractivity contribution < 1.29 is 18.4 Å². The largest absolute Gasteiger partial charge is 0.369 e. The standard InChI is InChI=1S/C16H18F2N2O2/c17-10-2-3-12(18)11(8-10)13(21)20-16-5-1-4-15(9-16,6-7-16)14(19)22/h2-3,8H,1,4-7,9H2,(H2,19,22)(H,20,21)/t15-,16+/m0/s1. The second kappa shape index (κ2) is 5.04.